The van der Waals surface area contributed by atoms with E-state index in [1.807, 2.05) is 30.3 Å². The smallest absolute Gasteiger partial charge is 0.266 e. The Kier molecular flexibility index (Phi) is 5.20. The molecule has 0 bridgehead atoms. The van der Waals surface area contributed by atoms with Gasteiger partial charge in [0.2, 0.25) is 0 Å². The Morgan fingerprint density at radius 2 is 2.15 bits per heavy atom. The summed E-state index contributed by atoms with van der Waals surface area (Å²) in [5, 5.41) is 0. The second kappa shape index (κ2) is 6.90. The lowest BCUT2D eigenvalue weighted by Crippen LogP contribution is -2.28. The Hall–Kier alpha value is -1.33. The molecule has 1 fully saturated rings. The van der Waals surface area contributed by atoms with Crippen molar-refractivity contribution in [2.24, 2.45) is 0 Å². The Bertz CT molecular complexity index is 555. The third kappa shape index (κ3) is 3.22. The van der Waals surface area contributed by atoms with Gasteiger partial charge in [-0.1, -0.05) is 55.5 Å². The molecule has 0 radical (unpaired) electrons. The van der Waals surface area contributed by atoms with Crippen LogP contribution < -0.4 is 4.74 Å². The Morgan fingerprint density at radius 3 is 2.85 bits per heavy atom. The highest BCUT2D eigenvalue weighted by atomic mass is 32.2. The first-order valence-corrected chi connectivity index (χ1v) is 7.78. The van der Waals surface area contributed by atoms with Gasteiger partial charge < -0.3 is 4.74 Å². The molecule has 1 aliphatic rings. The zero-order valence-electron chi connectivity index (χ0n) is 11.6. The number of rotatable bonds is 5. The highest BCUT2D eigenvalue weighted by Gasteiger charge is 2.31. The number of unbranched alkanes of at least 4 members (excludes halogenated alkanes) is 1. The molecule has 0 N–H and O–H groups in total. The molecule has 20 heavy (non-hydrogen) atoms. The Balaban J connectivity index is 2.23. The molecule has 0 spiro atoms. The molecule has 0 atom stereocenters. The van der Waals surface area contributed by atoms with Gasteiger partial charge in [-0.3, -0.25) is 9.69 Å². The van der Waals surface area contributed by atoms with Crippen molar-refractivity contribution in [3.8, 4) is 5.75 Å². The van der Waals surface area contributed by atoms with E-state index in [1.165, 1.54) is 11.8 Å². The molecule has 3 nitrogen and oxygen atoms in total. The van der Waals surface area contributed by atoms with Crippen LogP contribution in [0.3, 0.4) is 0 Å². The van der Waals surface area contributed by atoms with Crippen LogP contribution in [0.2, 0.25) is 0 Å². The van der Waals surface area contributed by atoms with Gasteiger partial charge in [-0.25, -0.2) is 0 Å². The molecule has 1 amide bonds. The first kappa shape index (κ1) is 15.1. The second-order valence-corrected chi connectivity index (χ2v) is 6.10. The molecule has 1 heterocycles. The van der Waals surface area contributed by atoms with Crippen LogP contribution in [0, 0.1) is 0 Å². The number of benzene rings is 1. The number of carbonyl (C=O) groups excluding carboxylic acids is 1. The third-order valence-corrected chi connectivity index (χ3v) is 4.41. The van der Waals surface area contributed by atoms with E-state index in [0.717, 1.165) is 24.2 Å². The largest absolute Gasteiger partial charge is 0.496 e. The van der Waals surface area contributed by atoms with Crippen LogP contribution in [-0.4, -0.2) is 28.8 Å². The van der Waals surface area contributed by atoms with E-state index >= 15 is 0 Å². The lowest BCUT2D eigenvalue weighted by molar-refractivity contribution is -0.122. The number of hydrogen-bond acceptors (Lipinski definition) is 4. The predicted octanol–water partition coefficient (Wildman–Crippen LogP) is 3.70. The molecule has 5 heteroatoms. The minimum absolute atomic E-state index is 0.000596. The number of nitrogens with zero attached hydrogens (tertiary/aromatic N) is 1. The van der Waals surface area contributed by atoms with Crippen molar-refractivity contribution in [1.29, 1.82) is 0 Å². The second-order valence-electron chi connectivity index (χ2n) is 4.43. The highest BCUT2D eigenvalue weighted by molar-refractivity contribution is 8.26. The number of hydrogen-bond donors (Lipinski definition) is 0. The van der Waals surface area contributed by atoms with Crippen LogP contribution in [0.25, 0.3) is 6.08 Å². The van der Waals surface area contributed by atoms with Crippen LogP contribution in [0.4, 0.5) is 0 Å². The van der Waals surface area contributed by atoms with Crippen molar-refractivity contribution in [3.05, 3.63) is 34.7 Å². The van der Waals surface area contributed by atoms with Crippen molar-refractivity contribution in [1.82, 2.24) is 4.90 Å². The van der Waals surface area contributed by atoms with Crippen molar-refractivity contribution in [2.75, 3.05) is 13.7 Å². The summed E-state index contributed by atoms with van der Waals surface area (Å²) in [6, 6.07) is 7.63. The Labute approximate surface area is 129 Å². The number of thioether (sulfide) groups is 1. The van der Waals surface area contributed by atoms with Crippen LogP contribution in [-0.2, 0) is 4.79 Å². The minimum atomic E-state index is -0.000596. The van der Waals surface area contributed by atoms with E-state index in [1.54, 1.807) is 12.0 Å². The number of amides is 1. The van der Waals surface area contributed by atoms with E-state index in [0.29, 0.717) is 15.8 Å². The maximum Gasteiger partial charge on any atom is 0.266 e. The lowest BCUT2D eigenvalue weighted by Gasteiger charge is -2.13. The van der Waals surface area contributed by atoms with Gasteiger partial charge in [-0.15, -0.1) is 0 Å². The van der Waals surface area contributed by atoms with Gasteiger partial charge in [0.1, 0.15) is 10.1 Å². The normalized spacial score (nSPS) is 17.1. The molecule has 1 aromatic carbocycles. The molecule has 1 aliphatic heterocycles. The maximum atomic E-state index is 12.3. The van der Waals surface area contributed by atoms with Gasteiger partial charge in [-0.05, 0) is 18.6 Å². The zero-order valence-corrected chi connectivity index (χ0v) is 13.2. The number of thiocarbonyl (C=S) groups is 1. The summed E-state index contributed by atoms with van der Waals surface area (Å²) in [5.74, 6) is 0.755. The third-order valence-electron chi connectivity index (χ3n) is 3.03. The maximum absolute atomic E-state index is 12.3. The molecule has 0 unspecified atom stereocenters. The SMILES string of the molecule is CCCCN1C(=O)/C(=C\c2ccccc2OC)SC1=S. The van der Waals surface area contributed by atoms with E-state index in [-0.39, 0.29) is 5.91 Å². The summed E-state index contributed by atoms with van der Waals surface area (Å²) in [6.07, 6.45) is 3.86. The van der Waals surface area contributed by atoms with E-state index in [9.17, 15) is 4.79 Å². The predicted molar refractivity (Wildman–Crippen MR) is 87.8 cm³/mol. The van der Waals surface area contributed by atoms with Crippen LogP contribution >= 0.6 is 24.0 Å². The van der Waals surface area contributed by atoms with Crippen LogP contribution in [0.1, 0.15) is 25.3 Å². The number of para-hydroxylation sites is 1. The van der Waals surface area contributed by atoms with E-state index < -0.39 is 0 Å². The van der Waals surface area contributed by atoms with Gasteiger partial charge in [0.05, 0.1) is 12.0 Å². The molecule has 1 aromatic rings. The summed E-state index contributed by atoms with van der Waals surface area (Å²) >= 11 is 6.64. The summed E-state index contributed by atoms with van der Waals surface area (Å²) in [5.41, 5.74) is 0.894. The van der Waals surface area contributed by atoms with Gasteiger partial charge in [-0.2, -0.15) is 0 Å². The van der Waals surface area contributed by atoms with Crippen LogP contribution in [0.15, 0.2) is 29.2 Å². The topological polar surface area (TPSA) is 29.5 Å². The van der Waals surface area contributed by atoms with Crippen LogP contribution in [0.5, 0.6) is 5.75 Å². The average molecular weight is 307 g/mol. The summed E-state index contributed by atoms with van der Waals surface area (Å²) in [4.78, 5) is 14.7. The first-order valence-electron chi connectivity index (χ1n) is 6.55. The summed E-state index contributed by atoms with van der Waals surface area (Å²) in [7, 11) is 1.62. The lowest BCUT2D eigenvalue weighted by atomic mass is 10.2. The average Bonchev–Trinajstić information content (AvgIpc) is 2.72. The molecule has 0 aliphatic carbocycles. The van der Waals surface area contributed by atoms with Crippen molar-refractivity contribution >= 4 is 40.3 Å². The van der Waals surface area contributed by atoms with E-state index in [4.69, 9.17) is 17.0 Å². The highest BCUT2D eigenvalue weighted by Crippen LogP contribution is 2.34. The molecular formula is C15H17NO2S2. The van der Waals surface area contributed by atoms with Gasteiger partial charge in [0, 0.05) is 12.1 Å². The number of methoxy groups -OCH3 is 1. The molecule has 0 aromatic heterocycles. The van der Waals surface area contributed by atoms with Gasteiger partial charge in [0.25, 0.3) is 5.91 Å². The molecule has 0 saturated carbocycles. The molecular weight excluding hydrogens is 290 g/mol. The van der Waals surface area contributed by atoms with E-state index in [2.05, 4.69) is 6.92 Å². The zero-order chi connectivity index (χ0) is 14.5. The minimum Gasteiger partial charge on any atom is -0.496 e. The van der Waals surface area contributed by atoms with Crippen molar-refractivity contribution in [2.45, 2.75) is 19.8 Å². The fourth-order valence-electron chi connectivity index (χ4n) is 1.94. The standard InChI is InChI=1S/C15H17NO2S2/c1-3-4-9-16-14(17)13(20-15(16)19)10-11-7-5-6-8-12(11)18-2/h5-8,10H,3-4,9H2,1-2H3/b13-10+. The van der Waals surface area contributed by atoms with Crippen molar-refractivity contribution in [3.63, 3.8) is 0 Å². The Morgan fingerprint density at radius 1 is 1.40 bits per heavy atom. The number of carbonyl (C=O) groups is 1. The monoisotopic (exact) mass is 307 g/mol. The fraction of sp³-hybridized carbons (Fsp3) is 0.333. The van der Waals surface area contributed by atoms with Crippen molar-refractivity contribution < 1.29 is 9.53 Å². The van der Waals surface area contributed by atoms with Gasteiger partial charge >= 0.3 is 0 Å². The number of ether oxygens (including phenoxy) is 1. The molecule has 1 saturated heterocycles. The van der Waals surface area contributed by atoms with Gasteiger partial charge in [0.15, 0.2) is 0 Å². The summed E-state index contributed by atoms with van der Waals surface area (Å²) in [6.45, 7) is 2.80. The first-order chi connectivity index (χ1) is 9.67. The quantitative estimate of drug-likeness (QED) is 0.613. The summed E-state index contributed by atoms with van der Waals surface area (Å²) < 4.78 is 5.94. The fourth-order valence-corrected chi connectivity index (χ4v) is 3.24. The molecule has 2 rings (SSSR count). The molecule has 106 valence electrons.